The van der Waals surface area contributed by atoms with Crippen LogP contribution in [0, 0.1) is 0 Å². The molecular weight excluding hydrogens is 607 g/mol. The Balaban J connectivity index is 1.25. The van der Waals surface area contributed by atoms with Crippen LogP contribution in [0.1, 0.15) is 0 Å². The van der Waals surface area contributed by atoms with E-state index in [0.717, 1.165) is 50.1 Å². The zero-order chi connectivity index (χ0) is 33.0. The summed E-state index contributed by atoms with van der Waals surface area (Å²) in [4.78, 5) is 2.39. The maximum absolute atomic E-state index is 6.61. The van der Waals surface area contributed by atoms with Crippen LogP contribution in [0.2, 0.25) is 0 Å². The summed E-state index contributed by atoms with van der Waals surface area (Å²) in [6.07, 6.45) is 0. The van der Waals surface area contributed by atoms with Gasteiger partial charge >= 0.3 is 0 Å². The molecule has 0 aliphatic rings. The van der Waals surface area contributed by atoms with Crippen LogP contribution in [0.5, 0.6) is 0 Å². The Morgan fingerprint density at radius 1 is 0.340 bits per heavy atom. The fourth-order valence-corrected chi connectivity index (χ4v) is 7.71. The third-order valence-corrected chi connectivity index (χ3v) is 10.0. The van der Waals surface area contributed by atoms with Crippen LogP contribution in [0.25, 0.3) is 76.5 Å². The van der Waals surface area contributed by atoms with Gasteiger partial charge in [0.15, 0.2) is 0 Å². The molecule has 0 unspecified atom stereocenters. The minimum Gasteiger partial charge on any atom is -0.456 e. The van der Waals surface area contributed by atoms with Crippen molar-refractivity contribution >= 4 is 71.3 Å². The highest BCUT2D eigenvalue weighted by atomic mass is 16.3. The Hall–Kier alpha value is -6.64. The highest BCUT2D eigenvalue weighted by molar-refractivity contribution is 6.20. The van der Waals surface area contributed by atoms with Gasteiger partial charge in [0.05, 0.1) is 11.4 Å². The quantitative estimate of drug-likeness (QED) is 0.175. The van der Waals surface area contributed by atoms with Crippen LogP contribution in [-0.2, 0) is 0 Å². The number of fused-ring (bicyclic) bond motifs is 8. The van der Waals surface area contributed by atoms with E-state index in [0.29, 0.717) is 0 Å². The van der Waals surface area contributed by atoms with Crippen LogP contribution in [-0.4, -0.2) is 0 Å². The maximum Gasteiger partial charge on any atom is 0.138 e. The number of para-hydroxylation sites is 1. The van der Waals surface area contributed by atoms with E-state index in [1.165, 1.54) is 43.4 Å². The molecule has 1 heterocycles. The van der Waals surface area contributed by atoms with E-state index in [1.807, 2.05) is 6.07 Å². The zero-order valence-corrected chi connectivity index (χ0v) is 27.3. The second-order valence-corrected chi connectivity index (χ2v) is 12.9. The van der Waals surface area contributed by atoms with Crippen molar-refractivity contribution in [1.29, 1.82) is 0 Å². The molecule has 1 aromatic heterocycles. The first-order valence-electron chi connectivity index (χ1n) is 17.1. The van der Waals surface area contributed by atoms with E-state index in [1.54, 1.807) is 0 Å². The Labute approximate surface area is 290 Å². The predicted molar refractivity (Wildman–Crippen MR) is 212 cm³/mol. The smallest absolute Gasteiger partial charge is 0.138 e. The highest BCUT2D eigenvalue weighted by Gasteiger charge is 2.21. The molecule has 9 aromatic carbocycles. The van der Waals surface area contributed by atoms with Gasteiger partial charge in [-0.2, -0.15) is 0 Å². The molecule has 0 spiro atoms. The lowest BCUT2D eigenvalue weighted by atomic mass is 9.95. The van der Waals surface area contributed by atoms with Crippen LogP contribution in [0.4, 0.5) is 17.1 Å². The molecule has 0 N–H and O–H groups in total. The Bertz CT molecular complexity index is 2850. The highest BCUT2D eigenvalue weighted by Crippen LogP contribution is 2.46. The van der Waals surface area contributed by atoms with Crippen LogP contribution < -0.4 is 4.90 Å². The molecule has 0 aliphatic heterocycles. The summed E-state index contributed by atoms with van der Waals surface area (Å²) < 4.78 is 6.61. The molecule has 0 bridgehead atoms. The van der Waals surface area contributed by atoms with E-state index in [4.69, 9.17) is 4.42 Å². The topological polar surface area (TPSA) is 16.4 Å². The molecular formula is C48H31NO. The average Bonchev–Trinajstić information content (AvgIpc) is 3.57. The van der Waals surface area contributed by atoms with E-state index in [-0.39, 0.29) is 0 Å². The summed E-state index contributed by atoms with van der Waals surface area (Å²) in [5.74, 6) is 0. The van der Waals surface area contributed by atoms with Gasteiger partial charge in [-0.3, -0.25) is 0 Å². The predicted octanol–water partition coefficient (Wildman–Crippen LogP) is 13.8. The number of furan rings is 1. The second kappa shape index (κ2) is 11.5. The molecule has 0 amide bonds. The summed E-state index contributed by atoms with van der Waals surface area (Å²) in [6.45, 7) is 0. The van der Waals surface area contributed by atoms with Crippen LogP contribution >= 0.6 is 0 Å². The van der Waals surface area contributed by atoms with E-state index in [9.17, 15) is 0 Å². The van der Waals surface area contributed by atoms with Gasteiger partial charge in [0.2, 0.25) is 0 Å². The number of benzene rings is 9. The zero-order valence-electron chi connectivity index (χ0n) is 27.3. The van der Waals surface area contributed by atoms with Crippen molar-refractivity contribution in [1.82, 2.24) is 0 Å². The Morgan fingerprint density at radius 3 is 1.76 bits per heavy atom. The number of rotatable bonds is 5. The third-order valence-electron chi connectivity index (χ3n) is 10.0. The lowest BCUT2D eigenvalue weighted by Crippen LogP contribution is -2.10. The van der Waals surface area contributed by atoms with Crippen LogP contribution in [0.3, 0.4) is 0 Å². The number of hydrogen-bond donors (Lipinski definition) is 0. The molecule has 10 rings (SSSR count). The summed E-state index contributed by atoms with van der Waals surface area (Å²) >= 11 is 0. The molecule has 2 heteroatoms. The standard InChI is InChI=1S/C48H31NO/c1-3-12-32(13-4-1)33-22-25-36(26-23-33)49(45-20-11-19-39-41-27-24-35-16-7-8-17-38(35)40(41)28-29-42(39)45)37-30-44(34-14-5-2-6-15-34)48-43-18-9-10-21-46(43)50-47(48)31-37/h1-31H. The molecule has 2 nitrogen and oxygen atoms in total. The summed E-state index contributed by atoms with van der Waals surface area (Å²) in [5.41, 5.74) is 9.66. The van der Waals surface area contributed by atoms with Gasteiger partial charge in [-0.15, -0.1) is 0 Å². The van der Waals surface area contributed by atoms with E-state index >= 15 is 0 Å². The van der Waals surface area contributed by atoms with Crippen molar-refractivity contribution in [3.05, 3.63) is 188 Å². The summed E-state index contributed by atoms with van der Waals surface area (Å²) in [5, 5.41) is 9.71. The largest absolute Gasteiger partial charge is 0.456 e. The third kappa shape index (κ3) is 4.57. The van der Waals surface area contributed by atoms with Gasteiger partial charge in [0, 0.05) is 27.9 Å². The summed E-state index contributed by atoms with van der Waals surface area (Å²) in [7, 11) is 0. The lowest BCUT2D eigenvalue weighted by Gasteiger charge is -2.28. The molecule has 0 aliphatic carbocycles. The summed E-state index contributed by atoms with van der Waals surface area (Å²) in [6, 6.07) is 67.5. The minimum atomic E-state index is 0.866. The number of hydrogen-bond acceptors (Lipinski definition) is 2. The molecule has 0 fully saturated rings. The maximum atomic E-state index is 6.61. The van der Waals surface area contributed by atoms with E-state index < -0.39 is 0 Å². The minimum absolute atomic E-state index is 0.866. The Morgan fingerprint density at radius 2 is 0.940 bits per heavy atom. The van der Waals surface area contributed by atoms with Crippen molar-refractivity contribution in [2.75, 3.05) is 4.90 Å². The van der Waals surface area contributed by atoms with E-state index in [2.05, 4.69) is 187 Å². The molecule has 234 valence electrons. The van der Waals surface area contributed by atoms with Crippen molar-refractivity contribution in [2.45, 2.75) is 0 Å². The first kappa shape index (κ1) is 28.4. The number of nitrogens with zero attached hydrogens (tertiary/aromatic N) is 1. The SMILES string of the molecule is c1ccc(-c2ccc(N(c3cc(-c4ccccc4)c4c(c3)oc3ccccc34)c3cccc4c3ccc3c5ccccc5ccc43)cc2)cc1. The fraction of sp³-hybridized carbons (Fsp3) is 0. The molecule has 50 heavy (non-hydrogen) atoms. The Kier molecular flexibility index (Phi) is 6.53. The monoisotopic (exact) mass is 637 g/mol. The molecule has 10 aromatic rings. The number of anilines is 3. The molecule has 0 radical (unpaired) electrons. The molecule has 0 atom stereocenters. The van der Waals surface area contributed by atoms with Crippen molar-refractivity contribution in [2.24, 2.45) is 0 Å². The molecule has 0 saturated carbocycles. The second-order valence-electron chi connectivity index (χ2n) is 12.9. The van der Waals surface area contributed by atoms with Crippen molar-refractivity contribution in [3.8, 4) is 22.3 Å². The van der Waals surface area contributed by atoms with Gasteiger partial charge in [0.25, 0.3) is 0 Å². The lowest BCUT2D eigenvalue weighted by molar-refractivity contribution is 0.669. The first-order chi connectivity index (χ1) is 24.8. The van der Waals surface area contributed by atoms with Gasteiger partial charge in [-0.1, -0.05) is 152 Å². The van der Waals surface area contributed by atoms with Crippen LogP contribution in [0.15, 0.2) is 192 Å². The average molecular weight is 638 g/mol. The first-order valence-corrected chi connectivity index (χ1v) is 17.1. The van der Waals surface area contributed by atoms with Crippen molar-refractivity contribution < 1.29 is 4.42 Å². The van der Waals surface area contributed by atoms with Crippen molar-refractivity contribution in [3.63, 3.8) is 0 Å². The van der Waals surface area contributed by atoms with Gasteiger partial charge in [-0.05, 0) is 79.5 Å². The van der Waals surface area contributed by atoms with Gasteiger partial charge < -0.3 is 9.32 Å². The fourth-order valence-electron chi connectivity index (χ4n) is 7.71. The van der Waals surface area contributed by atoms with Gasteiger partial charge in [-0.25, -0.2) is 0 Å². The molecule has 0 saturated heterocycles. The van der Waals surface area contributed by atoms with Gasteiger partial charge in [0.1, 0.15) is 11.2 Å². The normalized spacial score (nSPS) is 11.6.